The normalized spacial score (nSPS) is 14.8. The first-order valence-electron chi connectivity index (χ1n) is 5.43. The van der Waals surface area contributed by atoms with Crippen LogP contribution in [0.15, 0.2) is 12.4 Å². The van der Waals surface area contributed by atoms with Gasteiger partial charge in [0.25, 0.3) is 0 Å². The van der Waals surface area contributed by atoms with Gasteiger partial charge in [0.05, 0.1) is 12.4 Å². The molecule has 0 saturated heterocycles. The number of carboxylic acid groups (broad SMARTS) is 1. The molecule has 0 spiro atoms. The van der Waals surface area contributed by atoms with E-state index in [-0.39, 0.29) is 5.69 Å². The number of aromatic nitrogens is 2. The summed E-state index contributed by atoms with van der Waals surface area (Å²) in [6.45, 7) is 0.950. The molecule has 0 radical (unpaired) electrons. The van der Waals surface area contributed by atoms with Gasteiger partial charge >= 0.3 is 5.97 Å². The number of aromatic carboxylic acids is 1. The third-order valence-electron chi connectivity index (χ3n) is 2.82. The van der Waals surface area contributed by atoms with Crippen LogP contribution in [0.3, 0.4) is 0 Å². The van der Waals surface area contributed by atoms with Gasteiger partial charge in [0.15, 0.2) is 5.69 Å². The van der Waals surface area contributed by atoms with Crippen LogP contribution in [0.4, 0.5) is 5.82 Å². The zero-order chi connectivity index (χ0) is 11.5. The van der Waals surface area contributed by atoms with E-state index in [4.69, 9.17) is 5.11 Å². The van der Waals surface area contributed by atoms with Gasteiger partial charge < -0.3 is 10.0 Å². The fourth-order valence-electron chi connectivity index (χ4n) is 1.53. The standard InChI is InChI=1S/C11H15N3O2/c1-14(5-4-8-2-3-8)10-7-12-9(6-13-10)11(15)16/h6-8H,2-5H2,1H3,(H,15,16). The van der Waals surface area contributed by atoms with Gasteiger partial charge in [-0.25, -0.2) is 14.8 Å². The van der Waals surface area contributed by atoms with Crippen LogP contribution in [-0.2, 0) is 0 Å². The van der Waals surface area contributed by atoms with E-state index in [1.54, 1.807) is 0 Å². The molecule has 1 aromatic heterocycles. The summed E-state index contributed by atoms with van der Waals surface area (Å²) in [7, 11) is 1.95. The fraction of sp³-hybridized carbons (Fsp3) is 0.545. The minimum Gasteiger partial charge on any atom is -0.476 e. The highest BCUT2D eigenvalue weighted by molar-refractivity contribution is 5.84. The Morgan fingerprint density at radius 3 is 2.75 bits per heavy atom. The lowest BCUT2D eigenvalue weighted by atomic mass is 10.3. The van der Waals surface area contributed by atoms with Gasteiger partial charge in [0, 0.05) is 13.6 Å². The highest BCUT2D eigenvalue weighted by Gasteiger charge is 2.21. The molecular weight excluding hydrogens is 206 g/mol. The molecular formula is C11H15N3O2. The van der Waals surface area contributed by atoms with Crippen molar-refractivity contribution >= 4 is 11.8 Å². The molecule has 16 heavy (non-hydrogen) atoms. The van der Waals surface area contributed by atoms with Gasteiger partial charge in [-0.05, 0) is 12.3 Å². The van der Waals surface area contributed by atoms with Crippen molar-refractivity contribution in [1.29, 1.82) is 0 Å². The first-order chi connectivity index (χ1) is 7.66. The zero-order valence-corrected chi connectivity index (χ0v) is 9.26. The summed E-state index contributed by atoms with van der Waals surface area (Å²) in [5.41, 5.74) is -0.0145. The van der Waals surface area contributed by atoms with E-state index >= 15 is 0 Å². The predicted molar refractivity (Wildman–Crippen MR) is 59.6 cm³/mol. The molecule has 1 heterocycles. The molecule has 1 aliphatic rings. The zero-order valence-electron chi connectivity index (χ0n) is 9.26. The Hall–Kier alpha value is -1.65. The van der Waals surface area contributed by atoms with Crippen molar-refractivity contribution < 1.29 is 9.90 Å². The summed E-state index contributed by atoms with van der Waals surface area (Å²) in [5, 5.41) is 8.68. The minimum absolute atomic E-state index is 0.0145. The van der Waals surface area contributed by atoms with Crippen LogP contribution in [0.5, 0.6) is 0 Å². The largest absolute Gasteiger partial charge is 0.476 e. The van der Waals surface area contributed by atoms with Crippen LogP contribution in [0.1, 0.15) is 29.8 Å². The first-order valence-corrected chi connectivity index (χ1v) is 5.43. The molecule has 0 aliphatic heterocycles. The van der Waals surface area contributed by atoms with Gasteiger partial charge in [0.1, 0.15) is 5.82 Å². The SMILES string of the molecule is CN(CCC1CC1)c1cnc(C(=O)O)cn1. The average Bonchev–Trinajstić information content (AvgIpc) is 3.10. The summed E-state index contributed by atoms with van der Waals surface area (Å²) < 4.78 is 0. The lowest BCUT2D eigenvalue weighted by molar-refractivity contribution is 0.0690. The highest BCUT2D eigenvalue weighted by atomic mass is 16.4. The van der Waals surface area contributed by atoms with Crippen LogP contribution < -0.4 is 4.90 Å². The molecule has 1 fully saturated rings. The number of anilines is 1. The van der Waals surface area contributed by atoms with E-state index in [0.29, 0.717) is 0 Å². The van der Waals surface area contributed by atoms with E-state index in [9.17, 15) is 4.79 Å². The number of nitrogens with zero attached hydrogens (tertiary/aromatic N) is 3. The summed E-state index contributed by atoms with van der Waals surface area (Å²) in [5.74, 6) is 0.569. The molecule has 5 nitrogen and oxygen atoms in total. The van der Waals surface area contributed by atoms with Crippen molar-refractivity contribution in [3.05, 3.63) is 18.1 Å². The fourth-order valence-corrected chi connectivity index (χ4v) is 1.53. The van der Waals surface area contributed by atoms with Gasteiger partial charge in [-0.2, -0.15) is 0 Å². The maximum Gasteiger partial charge on any atom is 0.356 e. The summed E-state index contributed by atoms with van der Waals surface area (Å²) in [6.07, 6.45) is 6.68. The van der Waals surface area contributed by atoms with Crippen LogP contribution in [0.2, 0.25) is 0 Å². The number of hydrogen-bond donors (Lipinski definition) is 1. The quantitative estimate of drug-likeness (QED) is 0.814. The molecule has 0 atom stereocenters. The van der Waals surface area contributed by atoms with E-state index in [1.807, 2.05) is 11.9 Å². The Morgan fingerprint density at radius 2 is 2.25 bits per heavy atom. The molecule has 2 rings (SSSR count). The average molecular weight is 221 g/mol. The Kier molecular flexibility index (Phi) is 3.03. The van der Waals surface area contributed by atoms with Crippen LogP contribution in [0.25, 0.3) is 0 Å². The highest BCUT2D eigenvalue weighted by Crippen LogP contribution is 2.32. The topological polar surface area (TPSA) is 66.3 Å². The molecule has 0 aromatic carbocycles. The Morgan fingerprint density at radius 1 is 1.50 bits per heavy atom. The lowest BCUT2D eigenvalue weighted by Gasteiger charge is -2.17. The molecule has 1 aliphatic carbocycles. The number of rotatable bonds is 5. The van der Waals surface area contributed by atoms with Gasteiger partial charge in [-0.3, -0.25) is 0 Å². The van der Waals surface area contributed by atoms with Crippen molar-refractivity contribution in [2.24, 2.45) is 5.92 Å². The van der Waals surface area contributed by atoms with Crippen molar-refractivity contribution in [1.82, 2.24) is 9.97 Å². The smallest absolute Gasteiger partial charge is 0.356 e. The van der Waals surface area contributed by atoms with Crippen LogP contribution >= 0.6 is 0 Å². The predicted octanol–water partition coefficient (Wildman–Crippen LogP) is 1.41. The second kappa shape index (κ2) is 4.47. The second-order valence-electron chi connectivity index (χ2n) is 4.22. The molecule has 0 bridgehead atoms. The summed E-state index contributed by atoms with van der Waals surface area (Å²) in [6, 6.07) is 0. The van der Waals surface area contributed by atoms with E-state index in [2.05, 4.69) is 9.97 Å². The lowest BCUT2D eigenvalue weighted by Crippen LogP contribution is -2.20. The Bertz CT molecular complexity index is 373. The maximum atomic E-state index is 10.6. The Balaban J connectivity index is 1.93. The third kappa shape index (κ3) is 2.68. The Labute approximate surface area is 94.1 Å². The van der Waals surface area contributed by atoms with Crippen molar-refractivity contribution in [2.75, 3.05) is 18.5 Å². The van der Waals surface area contributed by atoms with Crippen LogP contribution in [-0.4, -0.2) is 34.6 Å². The molecule has 0 unspecified atom stereocenters. The van der Waals surface area contributed by atoms with Crippen LogP contribution in [0, 0.1) is 5.92 Å². The van der Waals surface area contributed by atoms with E-state index in [0.717, 1.165) is 18.3 Å². The monoisotopic (exact) mass is 221 g/mol. The number of carboxylic acids is 1. The molecule has 5 heteroatoms. The van der Waals surface area contributed by atoms with E-state index in [1.165, 1.54) is 31.7 Å². The van der Waals surface area contributed by atoms with Crippen molar-refractivity contribution in [3.8, 4) is 0 Å². The molecule has 1 aromatic rings. The number of carbonyl (C=O) groups is 1. The third-order valence-corrected chi connectivity index (χ3v) is 2.82. The maximum absolute atomic E-state index is 10.6. The van der Waals surface area contributed by atoms with Crippen molar-refractivity contribution in [2.45, 2.75) is 19.3 Å². The van der Waals surface area contributed by atoms with Gasteiger partial charge in [-0.1, -0.05) is 12.8 Å². The molecule has 1 N–H and O–H groups in total. The second-order valence-corrected chi connectivity index (χ2v) is 4.22. The van der Waals surface area contributed by atoms with E-state index < -0.39 is 5.97 Å². The molecule has 0 amide bonds. The van der Waals surface area contributed by atoms with Gasteiger partial charge in [0.2, 0.25) is 0 Å². The number of hydrogen-bond acceptors (Lipinski definition) is 4. The molecule has 86 valence electrons. The minimum atomic E-state index is -1.04. The summed E-state index contributed by atoms with van der Waals surface area (Å²) in [4.78, 5) is 20.5. The van der Waals surface area contributed by atoms with Gasteiger partial charge in [-0.15, -0.1) is 0 Å². The molecule has 1 saturated carbocycles. The van der Waals surface area contributed by atoms with Crippen molar-refractivity contribution in [3.63, 3.8) is 0 Å². The first kappa shape index (κ1) is 10.9. The summed E-state index contributed by atoms with van der Waals surface area (Å²) >= 11 is 0.